The van der Waals surface area contributed by atoms with Gasteiger partial charge in [-0.25, -0.2) is 0 Å². The van der Waals surface area contributed by atoms with Gasteiger partial charge < -0.3 is 5.11 Å². The first-order valence-corrected chi connectivity index (χ1v) is 6.05. The average molecular weight is 272 g/mol. The minimum atomic E-state index is -0.759. The summed E-state index contributed by atoms with van der Waals surface area (Å²) in [7, 11) is 0. The van der Waals surface area contributed by atoms with E-state index < -0.39 is 12.0 Å². The van der Waals surface area contributed by atoms with Crippen LogP contribution in [0.2, 0.25) is 10.0 Å². The van der Waals surface area contributed by atoms with Gasteiger partial charge in [0.1, 0.15) is 0 Å². The van der Waals surface area contributed by atoms with Crippen molar-refractivity contribution in [1.29, 1.82) is 5.26 Å². The first kappa shape index (κ1) is 14.3. The normalized spacial score (nSPS) is 15.1. The van der Waals surface area contributed by atoms with Crippen LogP contribution in [0.3, 0.4) is 0 Å². The summed E-state index contributed by atoms with van der Waals surface area (Å²) in [6, 6.07) is 7.11. The second-order valence-corrected chi connectivity index (χ2v) is 5.91. The maximum absolute atomic E-state index is 10.2. The van der Waals surface area contributed by atoms with Gasteiger partial charge in [0.15, 0.2) is 0 Å². The third kappa shape index (κ3) is 3.35. The summed E-state index contributed by atoms with van der Waals surface area (Å²) in [4.78, 5) is 0. The Bertz CT molecular complexity index is 446. The number of aliphatic hydroxyl groups is 1. The number of hydrogen-bond acceptors (Lipinski definition) is 2. The Hall–Kier alpha value is -0.750. The molecule has 1 aromatic carbocycles. The summed E-state index contributed by atoms with van der Waals surface area (Å²) in [6.07, 6.45) is -0.759. The lowest BCUT2D eigenvalue weighted by molar-refractivity contribution is 0.0527. The molecule has 1 aromatic rings. The molecular weight excluding hydrogens is 257 g/mol. The molecule has 0 aliphatic carbocycles. The fraction of sp³-hybridized carbons (Fsp3) is 0.462. The number of aliphatic hydroxyl groups excluding tert-OH is 1. The molecule has 2 unspecified atom stereocenters. The zero-order chi connectivity index (χ0) is 13.2. The third-order valence-electron chi connectivity index (χ3n) is 2.64. The van der Waals surface area contributed by atoms with E-state index in [1.165, 1.54) is 0 Å². The van der Waals surface area contributed by atoms with Crippen molar-refractivity contribution in [3.8, 4) is 6.07 Å². The van der Waals surface area contributed by atoms with Crippen molar-refractivity contribution in [3.05, 3.63) is 33.8 Å². The van der Waals surface area contributed by atoms with Crippen LogP contribution in [-0.4, -0.2) is 11.2 Å². The molecule has 0 saturated heterocycles. The molecule has 2 atom stereocenters. The zero-order valence-corrected chi connectivity index (χ0v) is 11.5. The second kappa shape index (κ2) is 5.27. The highest BCUT2D eigenvalue weighted by atomic mass is 35.5. The molecule has 17 heavy (non-hydrogen) atoms. The van der Waals surface area contributed by atoms with E-state index in [0.29, 0.717) is 15.6 Å². The van der Waals surface area contributed by atoms with Crippen molar-refractivity contribution in [2.24, 2.45) is 5.41 Å². The van der Waals surface area contributed by atoms with Gasteiger partial charge in [0, 0.05) is 0 Å². The Balaban J connectivity index is 3.11. The van der Waals surface area contributed by atoms with Crippen LogP contribution in [0, 0.1) is 16.7 Å². The number of benzene rings is 1. The van der Waals surface area contributed by atoms with Gasteiger partial charge in [-0.2, -0.15) is 5.26 Å². The predicted molar refractivity (Wildman–Crippen MR) is 70.3 cm³/mol. The molecule has 4 heteroatoms. The van der Waals surface area contributed by atoms with Crippen LogP contribution >= 0.6 is 23.2 Å². The fourth-order valence-corrected chi connectivity index (χ4v) is 1.84. The number of nitriles is 1. The number of rotatable bonds is 2. The maximum atomic E-state index is 10.2. The van der Waals surface area contributed by atoms with Crippen molar-refractivity contribution in [3.63, 3.8) is 0 Å². The molecule has 92 valence electrons. The minimum Gasteiger partial charge on any atom is -0.391 e. The van der Waals surface area contributed by atoms with Gasteiger partial charge in [0.2, 0.25) is 0 Å². The zero-order valence-electron chi connectivity index (χ0n) is 10.0. The van der Waals surface area contributed by atoms with Gasteiger partial charge in [-0.15, -0.1) is 0 Å². The van der Waals surface area contributed by atoms with Crippen LogP contribution in [0.1, 0.15) is 32.3 Å². The van der Waals surface area contributed by atoms with Crippen LogP contribution in [0.25, 0.3) is 0 Å². The molecule has 1 N–H and O–H groups in total. The summed E-state index contributed by atoms with van der Waals surface area (Å²) < 4.78 is 0. The van der Waals surface area contributed by atoms with Crippen molar-refractivity contribution in [2.45, 2.75) is 32.8 Å². The number of halogens is 2. The van der Waals surface area contributed by atoms with Crippen LogP contribution in [0.15, 0.2) is 18.2 Å². The molecule has 0 radical (unpaired) electrons. The van der Waals surface area contributed by atoms with Gasteiger partial charge in [-0.3, -0.25) is 0 Å². The lowest BCUT2D eigenvalue weighted by Crippen LogP contribution is -2.31. The summed E-state index contributed by atoms with van der Waals surface area (Å²) in [6.45, 7) is 5.67. The molecule has 0 fully saturated rings. The molecular formula is C13H15Cl2NO. The first-order chi connectivity index (χ1) is 7.77. The third-order valence-corrected chi connectivity index (χ3v) is 3.38. The van der Waals surface area contributed by atoms with Crippen LogP contribution < -0.4 is 0 Å². The molecule has 0 spiro atoms. The highest BCUT2D eigenvalue weighted by molar-refractivity contribution is 6.42. The Kier molecular flexibility index (Phi) is 4.43. The monoisotopic (exact) mass is 271 g/mol. The van der Waals surface area contributed by atoms with Crippen molar-refractivity contribution in [1.82, 2.24) is 0 Å². The standard InChI is InChI=1S/C13H15Cl2NO/c1-13(2,3)12(17)9(7-16)8-4-5-10(14)11(15)6-8/h4-6,9,12,17H,1-3H3. The fourth-order valence-electron chi connectivity index (χ4n) is 1.53. The quantitative estimate of drug-likeness (QED) is 0.884. The van der Waals surface area contributed by atoms with E-state index in [0.717, 1.165) is 0 Å². The van der Waals surface area contributed by atoms with Crippen molar-refractivity contribution < 1.29 is 5.11 Å². The van der Waals surface area contributed by atoms with Gasteiger partial charge in [0.05, 0.1) is 28.1 Å². The van der Waals surface area contributed by atoms with Crippen molar-refractivity contribution >= 4 is 23.2 Å². The summed E-state index contributed by atoms with van der Waals surface area (Å²) in [5, 5.41) is 20.2. The van der Waals surface area contributed by atoms with E-state index in [1.54, 1.807) is 18.2 Å². The average Bonchev–Trinajstić information content (AvgIpc) is 2.23. The van der Waals surface area contributed by atoms with Crippen LogP contribution in [0.5, 0.6) is 0 Å². The van der Waals surface area contributed by atoms with Gasteiger partial charge >= 0.3 is 0 Å². The van der Waals surface area contributed by atoms with E-state index in [1.807, 2.05) is 20.8 Å². The molecule has 0 aliphatic rings. The van der Waals surface area contributed by atoms with Gasteiger partial charge in [0.25, 0.3) is 0 Å². The SMILES string of the molecule is CC(C)(C)C(O)C(C#N)c1ccc(Cl)c(Cl)c1. The van der Waals surface area contributed by atoms with Crippen LogP contribution in [-0.2, 0) is 0 Å². The van der Waals surface area contributed by atoms with Crippen molar-refractivity contribution in [2.75, 3.05) is 0 Å². The minimum absolute atomic E-state index is 0.369. The Morgan fingerprint density at radius 2 is 1.82 bits per heavy atom. The first-order valence-electron chi connectivity index (χ1n) is 5.30. The van der Waals surface area contributed by atoms with E-state index in [9.17, 15) is 10.4 Å². The summed E-state index contributed by atoms with van der Waals surface area (Å²) in [5.41, 5.74) is 0.316. The molecule has 1 rings (SSSR count). The van der Waals surface area contributed by atoms with E-state index in [-0.39, 0.29) is 5.41 Å². The van der Waals surface area contributed by atoms with Crippen LogP contribution in [0.4, 0.5) is 0 Å². The topological polar surface area (TPSA) is 44.0 Å². The molecule has 0 saturated carbocycles. The summed E-state index contributed by atoms with van der Waals surface area (Å²) in [5.74, 6) is -0.607. The lowest BCUT2D eigenvalue weighted by atomic mass is 9.79. The molecule has 0 aromatic heterocycles. The highest BCUT2D eigenvalue weighted by Gasteiger charge is 2.31. The van der Waals surface area contributed by atoms with Gasteiger partial charge in [-0.1, -0.05) is 50.0 Å². The molecule has 2 nitrogen and oxygen atoms in total. The molecule has 0 amide bonds. The Morgan fingerprint density at radius 1 is 1.24 bits per heavy atom. The predicted octanol–water partition coefficient (Wildman–Crippen LogP) is 4.01. The van der Waals surface area contributed by atoms with E-state index in [2.05, 4.69) is 6.07 Å². The van der Waals surface area contributed by atoms with Gasteiger partial charge in [-0.05, 0) is 23.1 Å². The molecule has 0 heterocycles. The smallest absolute Gasteiger partial charge is 0.0977 e. The number of hydrogen-bond donors (Lipinski definition) is 1. The largest absolute Gasteiger partial charge is 0.391 e. The molecule has 0 aliphatic heterocycles. The lowest BCUT2D eigenvalue weighted by Gasteiger charge is -2.29. The second-order valence-electron chi connectivity index (χ2n) is 5.09. The Morgan fingerprint density at radius 3 is 2.24 bits per heavy atom. The summed E-state index contributed by atoms with van der Waals surface area (Å²) >= 11 is 11.7. The highest BCUT2D eigenvalue weighted by Crippen LogP contribution is 2.33. The molecule has 0 bridgehead atoms. The maximum Gasteiger partial charge on any atom is 0.0977 e. The van der Waals surface area contributed by atoms with E-state index >= 15 is 0 Å². The van der Waals surface area contributed by atoms with E-state index in [4.69, 9.17) is 23.2 Å². The number of nitrogens with zero attached hydrogens (tertiary/aromatic N) is 1. The Labute approximate surface area is 112 Å².